The maximum atomic E-state index is 12.9. The molecule has 0 saturated carbocycles. The first-order chi connectivity index (χ1) is 8.74. The minimum absolute atomic E-state index is 0.0498. The third-order valence-electron chi connectivity index (χ3n) is 3.20. The lowest BCUT2D eigenvalue weighted by atomic mass is 9.94. The van der Waals surface area contributed by atoms with Crippen LogP contribution >= 0.6 is 0 Å². The maximum absolute atomic E-state index is 12.9. The minimum Gasteiger partial charge on any atom is -0.326 e. The number of nitrogens with zero attached hydrogens (tertiary/aromatic N) is 1. The van der Waals surface area contributed by atoms with Crippen molar-refractivity contribution in [3.63, 3.8) is 0 Å². The molecule has 0 bridgehead atoms. The van der Waals surface area contributed by atoms with Crippen LogP contribution in [0, 0.1) is 11.7 Å². The first kappa shape index (κ1) is 13.0. The highest BCUT2D eigenvalue weighted by Crippen LogP contribution is 2.17. The molecule has 1 radical (unpaired) electrons. The maximum Gasteiger partial charge on any atom is 0.224 e. The zero-order chi connectivity index (χ0) is 12.8. The number of hydrogen-bond acceptors (Lipinski definition) is 1. The quantitative estimate of drug-likeness (QED) is 0.875. The highest BCUT2D eigenvalue weighted by molar-refractivity contribution is 5.90. The molecule has 1 saturated heterocycles. The van der Waals surface area contributed by atoms with Gasteiger partial charge in [0.1, 0.15) is 5.82 Å². The lowest BCUT2D eigenvalue weighted by molar-refractivity contribution is -0.116. The molecule has 0 aliphatic carbocycles. The molecule has 1 aromatic rings. The van der Waals surface area contributed by atoms with Crippen molar-refractivity contribution in [2.45, 2.75) is 25.7 Å². The van der Waals surface area contributed by atoms with Crippen LogP contribution in [0.25, 0.3) is 0 Å². The number of carbonyl (C=O) groups is 1. The van der Waals surface area contributed by atoms with Crippen LogP contribution < -0.4 is 10.6 Å². The molecule has 0 aromatic heterocycles. The molecule has 2 rings (SSSR count). The molecule has 1 fully saturated rings. The summed E-state index contributed by atoms with van der Waals surface area (Å²) < 4.78 is 12.9. The SMILES string of the molecule is O=C(CCC1CCC[N]C1)Nc1cccc(F)c1. The van der Waals surface area contributed by atoms with Crippen molar-refractivity contribution >= 4 is 11.6 Å². The monoisotopic (exact) mass is 249 g/mol. The minimum atomic E-state index is -0.334. The Bertz CT molecular complexity index is 403. The Kier molecular flexibility index (Phi) is 4.70. The van der Waals surface area contributed by atoms with Crippen LogP contribution in [-0.4, -0.2) is 19.0 Å². The summed E-state index contributed by atoms with van der Waals surface area (Å²) in [5.41, 5.74) is 0.522. The van der Waals surface area contributed by atoms with Crippen molar-refractivity contribution in [2.24, 2.45) is 5.92 Å². The van der Waals surface area contributed by atoms with Crippen LogP contribution in [0.15, 0.2) is 24.3 Å². The van der Waals surface area contributed by atoms with E-state index in [4.69, 9.17) is 0 Å². The van der Waals surface area contributed by atoms with Gasteiger partial charge in [-0.1, -0.05) is 6.07 Å². The molecule has 1 aromatic carbocycles. The number of amides is 1. The van der Waals surface area contributed by atoms with Crippen LogP contribution in [0.4, 0.5) is 10.1 Å². The van der Waals surface area contributed by atoms with Gasteiger partial charge >= 0.3 is 0 Å². The summed E-state index contributed by atoms with van der Waals surface area (Å²) in [5.74, 6) is 0.155. The van der Waals surface area contributed by atoms with E-state index in [1.54, 1.807) is 12.1 Å². The largest absolute Gasteiger partial charge is 0.326 e. The number of carbonyl (C=O) groups excluding carboxylic acids is 1. The predicted molar refractivity (Wildman–Crippen MR) is 68.9 cm³/mol. The molecule has 1 amide bonds. The average Bonchev–Trinajstić information content (AvgIpc) is 2.38. The average molecular weight is 249 g/mol. The Morgan fingerprint density at radius 1 is 1.50 bits per heavy atom. The number of rotatable bonds is 4. The Balaban J connectivity index is 1.74. The number of nitrogens with one attached hydrogen (secondary N) is 1. The van der Waals surface area contributed by atoms with Crippen LogP contribution in [0.5, 0.6) is 0 Å². The molecule has 1 heterocycles. The van der Waals surface area contributed by atoms with Crippen molar-refractivity contribution in [2.75, 3.05) is 18.4 Å². The highest BCUT2D eigenvalue weighted by Gasteiger charge is 2.15. The number of piperidine rings is 1. The fraction of sp³-hybridized carbons (Fsp3) is 0.500. The number of hydrogen-bond donors (Lipinski definition) is 1. The molecule has 3 nitrogen and oxygen atoms in total. The number of anilines is 1. The molecular formula is C14H18FN2O. The van der Waals surface area contributed by atoms with Gasteiger partial charge in [0.2, 0.25) is 5.91 Å². The van der Waals surface area contributed by atoms with Gasteiger partial charge in [0, 0.05) is 25.2 Å². The van der Waals surface area contributed by atoms with E-state index in [-0.39, 0.29) is 11.7 Å². The van der Waals surface area contributed by atoms with Crippen LogP contribution in [-0.2, 0) is 4.79 Å². The van der Waals surface area contributed by atoms with Gasteiger partial charge in [0.05, 0.1) is 0 Å². The lowest BCUT2D eigenvalue weighted by Crippen LogP contribution is -2.25. The topological polar surface area (TPSA) is 43.2 Å². The van der Waals surface area contributed by atoms with Gasteiger partial charge < -0.3 is 5.32 Å². The summed E-state index contributed by atoms with van der Waals surface area (Å²) in [5, 5.41) is 7.06. The molecule has 4 heteroatoms. The molecule has 1 N–H and O–H groups in total. The smallest absolute Gasteiger partial charge is 0.224 e. The predicted octanol–water partition coefficient (Wildman–Crippen LogP) is 2.56. The molecule has 18 heavy (non-hydrogen) atoms. The van der Waals surface area contributed by atoms with Gasteiger partial charge in [-0.05, 0) is 43.4 Å². The van der Waals surface area contributed by atoms with Gasteiger partial charge in [-0.2, -0.15) is 0 Å². The molecule has 1 aliphatic rings. The Labute approximate surface area is 107 Å². The van der Waals surface area contributed by atoms with Gasteiger partial charge in [0.15, 0.2) is 0 Å². The van der Waals surface area contributed by atoms with Crippen molar-refractivity contribution in [3.8, 4) is 0 Å². The van der Waals surface area contributed by atoms with Crippen LogP contribution in [0.3, 0.4) is 0 Å². The Hall–Kier alpha value is -1.42. The summed E-state index contributed by atoms with van der Waals surface area (Å²) >= 11 is 0. The molecular weight excluding hydrogens is 231 g/mol. The summed E-state index contributed by atoms with van der Waals surface area (Å²) in [6.07, 6.45) is 3.65. The summed E-state index contributed by atoms with van der Waals surface area (Å²) in [4.78, 5) is 11.7. The zero-order valence-electron chi connectivity index (χ0n) is 10.4. The van der Waals surface area contributed by atoms with E-state index in [1.807, 2.05) is 0 Å². The van der Waals surface area contributed by atoms with Crippen molar-refractivity contribution in [1.29, 1.82) is 0 Å². The Morgan fingerprint density at radius 3 is 3.11 bits per heavy atom. The fourth-order valence-electron chi connectivity index (χ4n) is 2.22. The molecule has 1 aliphatic heterocycles. The van der Waals surface area contributed by atoms with Gasteiger partial charge in [-0.15, -0.1) is 0 Å². The number of benzene rings is 1. The second kappa shape index (κ2) is 6.50. The van der Waals surface area contributed by atoms with E-state index in [0.29, 0.717) is 18.0 Å². The van der Waals surface area contributed by atoms with Crippen LogP contribution in [0.1, 0.15) is 25.7 Å². The standard InChI is InChI=1S/C14H18FN2O/c15-12-4-1-5-13(9-12)17-14(18)7-6-11-3-2-8-16-10-11/h1,4-5,9,11H,2-3,6-8,10H2,(H,17,18). The van der Waals surface area contributed by atoms with E-state index < -0.39 is 0 Å². The number of halogens is 1. The Morgan fingerprint density at radius 2 is 2.39 bits per heavy atom. The molecule has 1 unspecified atom stereocenters. The first-order valence-electron chi connectivity index (χ1n) is 6.43. The van der Waals surface area contributed by atoms with Crippen molar-refractivity contribution in [1.82, 2.24) is 5.32 Å². The van der Waals surface area contributed by atoms with E-state index in [1.165, 1.54) is 12.1 Å². The van der Waals surface area contributed by atoms with E-state index in [2.05, 4.69) is 10.6 Å². The van der Waals surface area contributed by atoms with E-state index in [0.717, 1.165) is 32.4 Å². The summed E-state index contributed by atoms with van der Waals surface area (Å²) in [6.45, 7) is 1.85. The molecule has 1 atom stereocenters. The van der Waals surface area contributed by atoms with E-state index in [9.17, 15) is 9.18 Å². The van der Waals surface area contributed by atoms with Crippen molar-refractivity contribution < 1.29 is 9.18 Å². The van der Waals surface area contributed by atoms with Gasteiger partial charge in [0.25, 0.3) is 0 Å². The summed E-state index contributed by atoms with van der Waals surface area (Å²) in [7, 11) is 0. The van der Waals surface area contributed by atoms with Crippen molar-refractivity contribution in [3.05, 3.63) is 30.1 Å². The lowest BCUT2D eigenvalue weighted by Gasteiger charge is -2.20. The molecule has 0 spiro atoms. The van der Waals surface area contributed by atoms with Gasteiger partial charge in [-0.25, -0.2) is 9.71 Å². The zero-order valence-corrected chi connectivity index (χ0v) is 10.4. The third-order valence-corrected chi connectivity index (χ3v) is 3.20. The first-order valence-corrected chi connectivity index (χ1v) is 6.43. The normalized spacial score (nSPS) is 19.5. The molecule has 97 valence electrons. The fourth-order valence-corrected chi connectivity index (χ4v) is 2.22. The highest BCUT2D eigenvalue weighted by atomic mass is 19.1. The third kappa shape index (κ3) is 4.11. The second-order valence-corrected chi connectivity index (χ2v) is 4.74. The van der Waals surface area contributed by atoms with Crippen LogP contribution in [0.2, 0.25) is 0 Å². The van der Waals surface area contributed by atoms with E-state index >= 15 is 0 Å². The summed E-state index contributed by atoms with van der Waals surface area (Å²) in [6, 6.07) is 5.97. The second-order valence-electron chi connectivity index (χ2n) is 4.74. The van der Waals surface area contributed by atoms with Gasteiger partial charge in [-0.3, -0.25) is 4.79 Å².